The molecule has 4 nitrogen and oxygen atoms in total. The molecular formula is C12H11NO3. The molecule has 1 aliphatic heterocycles. The van der Waals surface area contributed by atoms with Crippen LogP contribution in [0.4, 0.5) is 0 Å². The minimum absolute atomic E-state index is 0.246. The minimum Gasteiger partial charge on any atom is -0.329 e. The number of rotatable bonds is 1. The van der Waals surface area contributed by atoms with E-state index in [2.05, 4.69) is 4.98 Å². The van der Waals surface area contributed by atoms with Gasteiger partial charge >= 0.3 is 0 Å². The summed E-state index contributed by atoms with van der Waals surface area (Å²) in [6.07, 6.45) is 1.33. The molecule has 0 amide bonds. The van der Waals surface area contributed by atoms with E-state index in [1.165, 1.54) is 0 Å². The van der Waals surface area contributed by atoms with Crippen LogP contribution in [0.15, 0.2) is 36.5 Å². The molecule has 82 valence electrons. The summed E-state index contributed by atoms with van der Waals surface area (Å²) >= 11 is 0. The van der Waals surface area contributed by atoms with Gasteiger partial charge in [-0.05, 0) is 11.5 Å². The molecule has 0 atom stereocenters. The number of benzene rings is 1. The lowest BCUT2D eigenvalue weighted by Gasteiger charge is -2.23. The molecule has 1 saturated heterocycles. The van der Waals surface area contributed by atoms with Crippen LogP contribution in [0.1, 0.15) is 12.0 Å². The first-order valence-electron chi connectivity index (χ1n) is 5.10. The van der Waals surface area contributed by atoms with Crippen molar-refractivity contribution < 1.29 is 14.2 Å². The van der Waals surface area contributed by atoms with E-state index >= 15 is 0 Å². The van der Waals surface area contributed by atoms with Gasteiger partial charge in [-0.2, -0.15) is 0 Å². The standard InChI is InChI=1S/C12H11NO3/c1-2-4-10-9(3-1)5-6-13-11(10)12-15-7-14-8-16-12/h1-6,12H,7-8H2. The van der Waals surface area contributed by atoms with E-state index in [4.69, 9.17) is 14.2 Å². The second-order valence-electron chi connectivity index (χ2n) is 3.52. The summed E-state index contributed by atoms with van der Waals surface area (Å²) in [6.45, 7) is 0.491. The normalized spacial score (nSPS) is 17.8. The molecule has 0 radical (unpaired) electrons. The van der Waals surface area contributed by atoms with Crippen LogP contribution in [0.3, 0.4) is 0 Å². The summed E-state index contributed by atoms with van der Waals surface area (Å²) in [5.41, 5.74) is 0.807. The highest BCUT2D eigenvalue weighted by atomic mass is 16.8. The average molecular weight is 217 g/mol. The van der Waals surface area contributed by atoms with Gasteiger partial charge in [-0.15, -0.1) is 0 Å². The molecule has 1 fully saturated rings. The van der Waals surface area contributed by atoms with E-state index in [1.807, 2.05) is 30.3 Å². The summed E-state index contributed by atoms with van der Waals surface area (Å²) in [6, 6.07) is 10.0. The van der Waals surface area contributed by atoms with E-state index in [0.717, 1.165) is 16.5 Å². The van der Waals surface area contributed by atoms with Crippen LogP contribution < -0.4 is 0 Å². The fraction of sp³-hybridized carbons (Fsp3) is 0.250. The largest absolute Gasteiger partial charge is 0.329 e. The molecule has 0 N–H and O–H groups in total. The Labute approximate surface area is 92.8 Å². The van der Waals surface area contributed by atoms with Crippen molar-refractivity contribution in [2.45, 2.75) is 6.29 Å². The Balaban J connectivity index is 2.08. The lowest BCUT2D eigenvalue weighted by atomic mass is 10.1. The molecule has 2 aromatic rings. The molecule has 1 aliphatic rings. The predicted molar refractivity (Wildman–Crippen MR) is 57.5 cm³/mol. The fourth-order valence-electron chi connectivity index (χ4n) is 1.79. The summed E-state index contributed by atoms with van der Waals surface area (Å²) in [5.74, 6) is 0. The maximum atomic E-state index is 5.37. The smallest absolute Gasteiger partial charge is 0.206 e. The highest BCUT2D eigenvalue weighted by molar-refractivity contribution is 5.84. The molecule has 0 aliphatic carbocycles. The average Bonchev–Trinajstić information content (AvgIpc) is 2.39. The molecule has 1 aromatic carbocycles. The van der Waals surface area contributed by atoms with Crippen LogP contribution in [-0.4, -0.2) is 18.6 Å². The first-order chi connectivity index (χ1) is 7.95. The van der Waals surface area contributed by atoms with Crippen molar-refractivity contribution in [2.24, 2.45) is 0 Å². The van der Waals surface area contributed by atoms with E-state index in [0.29, 0.717) is 0 Å². The molecular weight excluding hydrogens is 206 g/mol. The van der Waals surface area contributed by atoms with Crippen LogP contribution in [0.25, 0.3) is 10.8 Å². The first kappa shape index (κ1) is 9.72. The molecule has 3 rings (SSSR count). The van der Waals surface area contributed by atoms with E-state index < -0.39 is 6.29 Å². The highest BCUT2D eigenvalue weighted by Crippen LogP contribution is 2.26. The zero-order valence-electron chi connectivity index (χ0n) is 8.63. The van der Waals surface area contributed by atoms with Crippen molar-refractivity contribution in [1.29, 1.82) is 0 Å². The third-order valence-corrected chi connectivity index (χ3v) is 2.53. The van der Waals surface area contributed by atoms with Crippen molar-refractivity contribution in [1.82, 2.24) is 4.98 Å². The summed E-state index contributed by atoms with van der Waals surface area (Å²) in [7, 11) is 0. The Bertz CT molecular complexity index is 489. The monoisotopic (exact) mass is 217 g/mol. The van der Waals surface area contributed by atoms with E-state index in [9.17, 15) is 0 Å². The number of fused-ring (bicyclic) bond motifs is 1. The fourth-order valence-corrected chi connectivity index (χ4v) is 1.79. The molecule has 1 aromatic heterocycles. The summed E-state index contributed by atoms with van der Waals surface area (Å²) in [4.78, 5) is 4.32. The molecule has 2 heterocycles. The second-order valence-corrected chi connectivity index (χ2v) is 3.52. The quantitative estimate of drug-likeness (QED) is 0.734. The Morgan fingerprint density at radius 2 is 1.88 bits per heavy atom. The highest BCUT2D eigenvalue weighted by Gasteiger charge is 2.20. The van der Waals surface area contributed by atoms with Crippen LogP contribution in [0.2, 0.25) is 0 Å². The van der Waals surface area contributed by atoms with Gasteiger partial charge in [0.05, 0.1) is 0 Å². The Morgan fingerprint density at radius 3 is 2.75 bits per heavy atom. The Kier molecular flexibility index (Phi) is 2.53. The predicted octanol–water partition coefficient (Wildman–Crippen LogP) is 2.21. The van der Waals surface area contributed by atoms with Crippen molar-refractivity contribution in [2.75, 3.05) is 13.6 Å². The van der Waals surface area contributed by atoms with Crippen molar-refractivity contribution in [3.05, 3.63) is 42.2 Å². The van der Waals surface area contributed by atoms with Gasteiger partial charge in [0, 0.05) is 11.6 Å². The van der Waals surface area contributed by atoms with Gasteiger partial charge in [0.15, 0.2) is 13.6 Å². The van der Waals surface area contributed by atoms with Gasteiger partial charge in [0.1, 0.15) is 5.69 Å². The Hall–Kier alpha value is -1.49. The van der Waals surface area contributed by atoms with Crippen molar-refractivity contribution >= 4 is 10.8 Å². The van der Waals surface area contributed by atoms with Crippen LogP contribution in [0.5, 0.6) is 0 Å². The molecule has 16 heavy (non-hydrogen) atoms. The maximum Gasteiger partial charge on any atom is 0.206 e. The second kappa shape index (κ2) is 4.17. The van der Waals surface area contributed by atoms with Gasteiger partial charge in [-0.25, -0.2) is 0 Å². The lowest BCUT2D eigenvalue weighted by Crippen LogP contribution is -2.20. The topological polar surface area (TPSA) is 40.6 Å². The maximum absolute atomic E-state index is 5.37. The lowest BCUT2D eigenvalue weighted by molar-refractivity contribution is -0.304. The number of aromatic nitrogens is 1. The van der Waals surface area contributed by atoms with E-state index in [1.54, 1.807) is 6.20 Å². The number of nitrogens with zero attached hydrogens (tertiary/aromatic N) is 1. The molecule has 0 bridgehead atoms. The van der Waals surface area contributed by atoms with Gasteiger partial charge in [0.25, 0.3) is 0 Å². The van der Waals surface area contributed by atoms with Crippen molar-refractivity contribution in [3.63, 3.8) is 0 Å². The summed E-state index contributed by atoms with van der Waals surface area (Å²) in [5, 5.41) is 2.18. The van der Waals surface area contributed by atoms with Gasteiger partial charge in [-0.3, -0.25) is 4.98 Å². The summed E-state index contributed by atoms with van der Waals surface area (Å²) < 4.78 is 15.7. The van der Waals surface area contributed by atoms with Gasteiger partial charge in [0.2, 0.25) is 6.29 Å². The Morgan fingerprint density at radius 1 is 1.06 bits per heavy atom. The number of hydrogen-bond acceptors (Lipinski definition) is 4. The zero-order chi connectivity index (χ0) is 10.8. The number of ether oxygens (including phenoxy) is 3. The van der Waals surface area contributed by atoms with Crippen LogP contribution >= 0.6 is 0 Å². The molecule has 0 saturated carbocycles. The van der Waals surface area contributed by atoms with Crippen LogP contribution in [0, 0.1) is 0 Å². The first-order valence-corrected chi connectivity index (χ1v) is 5.10. The molecule has 0 spiro atoms. The zero-order valence-corrected chi connectivity index (χ0v) is 8.63. The van der Waals surface area contributed by atoms with Crippen molar-refractivity contribution in [3.8, 4) is 0 Å². The third kappa shape index (κ3) is 1.67. The molecule has 0 unspecified atom stereocenters. The van der Waals surface area contributed by atoms with Gasteiger partial charge in [-0.1, -0.05) is 24.3 Å². The minimum atomic E-state index is -0.431. The molecule has 4 heteroatoms. The van der Waals surface area contributed by atoms with Crippen LogP contribution in [-0.2, 0) is 14.2 Å². The number of hydrogen-bond donors (Lipinski definition) is 0. The third-order valence-electron chi connectivity index (χ3n) is 2.53. The number of pyridine rings is 1. The van der Waals surface area contributed by atoms with Gasteiger partial charge < -0.3 is 14.2 Å². The SMILES string of the molecule is c1ccc2c(C3OCOCO3)nccc2c1. The van der Waals surface area contributed by atoms with E-state index in [-0.39, 0.29) is 13.6 Å².